The standard InChI is InChI=1S/C13H18O3/c1-13(2)6-5-9(12(14)15)10(8-13)11-4-3-7-16-11/h3-4,7,9-10H,5-6,8H2,1-2H3,(H,14,15). The van der Waals surface area contributed by atoms with E-state index in [2.05, 4.69) is 13.8 Å². The summed E-state index contributed by atoms with van der Waals surface area (Å²) in [5, 5.41) is 9.24. The molecule has 3 heteroatoms. The van der Waals surface area contributed by atoms with Crippen molar-refractivity contribution < 1.29 is 14.3 Å². The summed E-state index contributed by atoms with van der Waals surface area (Å²) < 4.78 is 5.38. The maximum absolute atomic E-state index is 11.2. The summed E-state index contributed by atoms with van der Waals surface area (Å²) in [6.45, 7) is 4.39. The van der Waals surface area contributed by atoms with E-state index < -0.39 is 5.97 Å². The first-order valence-corrected chi connectivity index (χ1v) is 5.76. The van der Waals surface area contributed by atoms with Crippen LogP contribution >= 0.6 is 0 Å². The van der Waals surface area contributed by atoms with Gasteiger partial charge in [-0.2, -0.15) is 0 Å². The van der Waals surface area contributed by atoms with Crippen LogP contribution in [0.3, 0.4) is 0 Å². The molecule has 0 aromatic carbocycles. The van der Waals surface area contributed by atoms with Gasteiger partial charge in [0, 0.05) is 5.92 Å². The van der Waals surface area contributed by atoms with Gasteiger partial charge in [-0.25, -0.2) is 0 Å². The zero-order valence-electron chi connectivity index (χ0n) is 9.77. The fraction of sp³-hybridized carbons (Fsp3) is 0.615. The predicted molar refractivity (Wildman–Crippen MR) is 60.2 cm³/mol. The predicted octanol–water partition coefficient (Wildman–Crippen LogP) is 3.27. The van der Waals surface area contributed by atoms with E-state index in [1.165, 1.54) is 0 Å². The van der Waals surface area contributed by atoms with E-state index in [1.54, 1.807) is 6.26 Å². The summed E-state index contributed by atoms with van der Waals surface area (Å²) >= 11 is 0. The van der Waals surface area contributed by atoms with Crippen LogP contribution in [-0.4, -0.2) is 11.1 Å². The first-order valence-electron chi connectivity index (χ1n) is 5.76. The lowest BCUT2D eigenvalue weighted by Gasteiger charge is -2.38. The highest BCUT2D eigenvalue weighted by molar-refractivity contribution is 5.71. The Balaban J connectivity index is 2.25. The summed E-state index contributed by atoms with van der Waals surface area (Å²) in [7, 11) is 0. The number of carbonyl (C=O) groups is 1. The molecule has 1 heterocycles. The van der Waals surface area contributed by atoms with E-state index in [0.717, 1.165) is 25.0 Å². The lowest BCUT2D eigenvalue weighted by atomic mass is 9.66. The van der Waals surface area contributed by atoms with Crippen molar-refractivity contribution in [1.82, 2.24) is 0 Å². The molecular weight excluding hydrogens is 204 g/mol. The van der Waals surface area contributed by atoms with Crippen molar-refractivity contribution >= 4 is 5.97 Å². The van der Waals surface area contributed by atoms with E-state index in [1.807, 2.05) is 12.1 Å². The molecule has 0 aliphatic heterocycles. The maximum atomic E-state index is 11.2. The Hall–Kier alpha value is -1.25. The summed E-state index contributed by atoms with van der Waals surface area (Å²) in [5.41, 5.74) is 0.212. The molecule has 1 aliphatic rings. The van der Waals surface area contributed by atoms with Crippen LogP contribution in [0.5, 0.6) is 0 Å². The average molecular weight is 222 g/mol. The number of carboxylic acids is 1. The Morgan fingerprint density at radius 1 is 1.56 bits per heavy atom. The molecule has 1 N–H and O–H groups in total. The molecule has 0 saturated heterocycles. The van der Waals surface area contributed by atoms with Crippen LogP contribution in [0, 0.1) is 11.3 Å². The van der Waals surface area contributed by atoms with Gasteiger partial charge in [0.2, 0.25) is 0 Å². The quantitative estimate of drug-likeness (QED) is 0.835. The fourth-order valence-corrected chi connectivity index (χ4v) is 2.68. The van der Waals surface area contributed by atoms with Gasteiger partial charge in [-0.3, -0.25) is 4.79 Å². The summed E-state index contributed by atoms with van der Waals surface area (Å²) in [4.78, 5) is 11.2. The normalized spacial score (nSPS) is 28.9. The molecule has 1 aliphatic carbocycles. The lowest BCUT2D eigenvalue weighted by molar-refractivity contribution is -0.144. The smallest absolute Gasteiger partial charge is 0.307 e. The first kappa shape index (κ1) is 11.2. The monoisotopic (exact) mass is 222 g/mol. The zero-order valence-corrected chi connectivity index (χ0v) is 9.77. The summed E-state index contributed by atoms with van der Waals surface area (Å²) in [6, 6.07) is 3.72. The lowest BCUT2D eigenvalue weighted by Crippen LogP contribution is -2.32. The van der Waals surface area contributed by atoms with Crippen molar-refractivity contribution in [3.63, 3.8) is 0 Å². The molecule has 2 unspecified atom stereocenters. The molecular formula is C13H18O3. The second-order valence-corrected chi connectivity index (χ2v) is 5.47. The molecule has 0 amide bonds. The Bertz CT molecular complexity index is 365. The van der Waals surface area contributed by atoms with Crippen LogP contribution in [0.1, 0.15) is 44.8 Å². The molecule has 1 saturated carbocycles. The van der Waals surface area contributed by atoms with Gasteiger partial charge in [0.15, 0.2) is 0 Å². The number of hydrogen-bond donors (Lipinski definition) is 1. The second-order valence-electron chi connectivity index (χ2n) is 5.47. The number of aliphatic carboxylic acids is 1. The first-order chi connectivity index (χ1) is 7.49. The fourth-order valence-electron chi connectivity index (χ4n) is 2.68. The summed E-state index contributed by atoms with van der Waals surface area (Å²) in [5.74, 6) is -0.146. The third kappa shape index (κ3) is 2.13. The van der Waals surface area contributed by atoms with E-state index in [0.29, 0.717) is 0 Å². The van der Waals surface area contributed by atoms with Gasteiger partial charge in [0.25, 0.3) is 0 Å². The summed E-state index contributed by atoms with van der Waals surface area (Å²) in [6.07, 6.45) is 4.22. The van der Waals surface area contributed by atoms with Gasteiger partial charge in [-0.15, -0.1) is 0 Å². The molecule has 3 nitrogen and oxygen atoms in total. The minimum Gasteiger partial charge on any atom is -0.481 e. The van der Waals surface area contributed by atoms with Crippen LogP contribution in [-0.2, 0) is 4.79 Å². The number of furan rings is 1. The largest absolute Gasteiger partial charge is 0.481 e. The van der Waals surface area contributed by atoms with Crippen LogP contribution in [0.15, 0.2) is 22.8 Å². The van der Waals surface area contributed by atoms with Gasteiger partial charge in [0.05, 0.1) is 12.2 Å². The van der Waals surface area contributed by atoms with Gasteiger partial charge in [-0.1, -0.05) is 13.8 Å². The third-order valence-corrected chi connectivity index (χ3v) is 3.62. The SMILES string of the molecule is CC1(C)CCC(C(=O)O)C(c2ccco2)C1. The van der Waals surface area contributed by atoms with Gasteiger partial charge < -0.3 is 9.52 Å². The van der Waals surface area contributed by atoms with Gasteiger partial charge >= 0.3 is 5.97 Å². The van der Waals surface area contributed by atoms with Crippen molar-refractivity contribution in [2.45, 2.75) is 39.0 Å². The Labute approximate surface area is 95.5 Å². The van der Waals surface area contributed by atoms with Crippen molar-refractivity contribution in [3.05, 3.63) is 24.2 Å². The molecule has 16 heavy (non-hydrogen) atoms. The van der Waals surface area contributed by atoms with Crippen molar-refractivity contribution in [1.29, 1.82) is 0 Å². The Kier molecular flexibility index (Phi) is 2.78. The van der Waals surface area contributed by atoms with E-state index in [4.69, 9.17) is 4.42 Å². The molecule has 0 radical (unpaired) electrons. The van der Waals surface area contributed by atoms with E-state index in [-0.39, 0.29) is 17.3 Å². The molecule has 0 spiro atoms. The minimum atomic E-state index is -0.697. The molecule has 2 rings (SSSR count). The van der Waals surface area contributed by atoms with Crippen molar-refractivity contribution in [3.8, 4) is 0 Å². The van der Waals surface area contributed by atoms with Crippen molar-refractivity contribution in [2.75, 3.05) is 0 Å². The van der Waals surface area contributed by atoms with Gasteiger partial charge in [-0.05, 0) is 36.8 Å². The minimum absolute atomic E-state index is 0.0243. The number of hydrogen-bond acceptors (Lipinski definition) is 2. The average Bonchev–Trinajstić information content (AvgIpc) is 2.68. The van der Waals surface area contributed by atoms with Gasteiger partial charge in [0.1, 0.15) is 5.76 Å². The number of carboxylic acid groups (broad SMARTS) is 1. The van der Waals surface area contributed by atoms with Crippen LogP contribution in [0.25, 0.3) is 0 Å². The Morgan fingerprint density at radius 3 is 2.88 bits per heavy atom. The van der Waals surface area contributed by atoms with E-state index in [9.17, 15) is 9.90 Å². The van der Waals surface area contributed by atoms with Crippen LogP contribution < -0.4 is 0 Å². The van der Waals surface area contributed by atoms with Crippen LogP contribution in [0.2, 0.25) is 0 Å². The molecule has 2 atom stereocenters. The highest BCUT2D eigenvalue weighted by Crippen LogP contribution is 2.46. The van der Waals surface area contributed by atoms with E-state index >= 15 is 0 Å². The molecule has 0 bridgehead atoms. The molecule has 88 valence electrons. The second kappa shape index (κ2) is 3.96. The zero-order chi connectivity index (χ0) is 11.8. The van der Waals surface area contributed by atoms with Crippen molar-refractivity contribution in [2.24, 2.45) is 11.3 Å². The maximum Gasteiger partial charge on any atom is 0.307 e. The number of rotatable bonds is 2. The molecule has 1 aromatic heterocycles. The molecule has 1 aromatic rings. The van der Waals surface area contributed by atoms with Crippen LogP contribution in [0.4, 0.5) is 0 Å². The highest BCUT2D eigenvalue weighted by atomic mass is 16.4. The highest BCUT2D eigenvalue weighted by Gasteiger charge is 2.40. The molecule has 1 fully saturated rings. The third-order valence-electron chi connectivity index (χ3n) is 3.62. The Morgan fingerprint density at radius 2 is 2.31 bits per heavy atom. The topological polar surface area (TPSA) is 50.4 Å².